The van der Waals surface area contributed by atoms with Crippen molar-refractivity contribution in [3.63, 3.8) is 0 Å². The van der Waals surface area contributed by atoms with E-state index in [1.807, 2.05) is 0 Å². The largest absolute Gasteiger partial charge is 0.342 e. The van der Waals surface area contributed by atoms with Crippen LogP contribution in [0.4, 0.5) is 0 Å². The van der Waals surface area contributed by atoms with Gasteiger partial charge in [0.25, 0.3) is 0 Å². The summed E-state index contributed by atoms with van der Waals surface area (Å²) in [7, 11) is 0. The summed E-state index contributed by atoms with van der Waals surface area (Å²) in [5, 5.41) is 0. The molecule has 3 rings (SSSR count). The highest BCUT2D eigenvalue weighted by molar-refractivity contribution is 5.19. The first-order valence-electron chi connectivity index (χ1n) is 14.4. The van der Waals surface area contributed by atoms with Gasteiger partial charge in [-0.15, -0.1) is 0 Å². The first kappa shape index (κ1) is 26.7. The van der Waals surface area contributed by atoms with Gasteiger partial charge < -0.3 is 9.47 Å². The Labute approximate surface area is 205 Å². The van der Waals surface area contributed by atoms with Crippen molar-refractivity contribution in [1.82, 2.24) is 0 Å². The van der Waals surface area contributed by atoms with Crippen molar-refractivity contribution >= 4 is 0 Å². The van der Waals surface area contributed by atoms with Crippen LogP contribution in [0.25, 0.3) is 0 Å². The number of fused-ring (bicyclic) bond motifs is 4. The van der Waals surface area contributed by atoms with Crippen LogP contribution < -0.4 is 0 Å². The molecule has 0 aromatic heterocycles. The molecule has 0 aliphatic carbocycles. The van der Waals surface area contributed by atoms with E-state index in [1.54, 1.807) is 0 Å². The molecule has 1 aromatic rings. The minimum atomic E-state index is 0.338. The van der Waals surface area contributed by atoms with Crippen molar-refractivity contribution in [1.29, 1.82) is 0 Å². The summed E-state index contributed by atoms with van der Waals surface area (Å²) in [4.78, 5) is 0. The molecule has 33 heavy (non-hydrogen) atoms. The quantitative estimate of drug-likeness (QED) is 0.426. The van der Waals surface area contributed by atoms with Gasteiger partial charge >= 0.3 is 0 Å². The van der Waals surface area contributed by atoms with E-state index in [4.69, 9.17) is 9.47 Å². The Kier molecular flexibility index (Phi) is 13.5. The Morgan fingerprint density at radius 2 is 1.09 bits per heavy atom. The second kappa shape index (κ2) is 16.7. The van der Waals surface area contributed by atoms with E-state index in [-0.39, 0.29) is 0 Å². The van der Waals surface area contributed by atoms with Crippen LogP contribution >= 0.6 is 0 Å². The first-order chi connectivity index (χ1) is 16.3. The number of hydrogen-bond donors (Lipinski definition) is 0. The van der Waals surface area contributed by atoms with Crippen LogP contribution in [0, 0.1) is 13.2 Å². The molecule has 1 aromatic carbocycles. The van der Waals surface area contributed by atoms with Crippen LogP contribution in [0.5, 0.6) is 0 Å². The minimum absolute atomic E-state index is 0.338. The third-order valence-corrected chi connectivity index (χ3v) is 7.72. The fourth-order valence-corrected chi connectivity index (χ4v) is 5.69. The monoisotopic (exact) mass is 454 g/mol. The molecule has 1 atom stereocenters. The molecule has 2 heteroatoms. The number of ether oxygens (including phenoxy) is 2. The standard InChI is InChI=1S/C31H50O2/c1-2-18-27(28-19-12-11-13-20-28)25-26-31-32-29-21-14-7-3-4-8-15-22-30(33-31)24-17-10-6-5-9-16-23-29/h11-13,19-20,27,29-30H,1-10,14-18,21-26H2. The van der Waals surface area contributed by atoms with Crippen LogP contribution in [0.1, 0.15) is 140 Å². The highest BCUT2D eigenvalue weighted by Gasteiger charge is 2.25. The van der Waals surface area contributed by atoms with Crippen LogP contribution in [-0.2, 0) is 9.47 Å². The summed E-state index contributed by atoms with van der Waals surface area (Å²) >= 11 is 0. The van der Waals surface area contributed by atoms with Crippen LogP contribution in [0.3, 0.4) is 0 Å². The molecule has 2 bridgehead atoms. The summed E-state index contributed by atoms with van der Waals surface area (Å²) in [6, 6.07) is 11.0. The van der Waals surface area contributed by atoms with Crippen LogP contribution in [0.15, 0.2) is 30.3 Å². The topological polar surface area (TPSA) is 18.5 Å². The van der Waals surface area contributed by atoms with E-state index in [2.05, 4.69) is 37.3 Å². The maximum absolute atomic E-state index is 6.75. The van der Waals surface area contributed by atoms with Gasteiger partial charge in [-0.05, 0) is 50.0 Å². The zero-order valence-electron chi connectivity index (χ0n) is 21.3. The molecule has 2 nitrogen and oxygen atoms in total. The zero-order valence-corrected chi connectivity index (χ0v) is 21.3. The molecular weight excluding hydrogens is 404 g/mol. The number of rotatable bonds is 6. The van der Waals surface area contributed by atoms with Crippen LogP contribution in [0.2, 0.25) is 0 Å². The summed E-state index contributed by atoms with van der Waals surface area (Å²) < 4.78 is 13.5. The summed E-state index contributed by atoms with van der Waals surface area (Å²) in [6.45, 7) is 4.15. The van der Waals surface area contributed by atoms with Gasteiger partial charge in [0, 0.05) is 6.42 Å². The lowest BCUT2D eigenvalue weighted by atomic mass is 9.90. The fourth-order valence-electron chi connectivity index (χ4n) is 5.69. The summed E-state index contributed by atoms with van der Waals surface area (Å²) in [6.07, 6.45) is 26.7. The Balaban J connectivity index is 1.70. The fraction of sp³-hybridized carbons (Fsp3) is 0.742. The maximum atomic E-state index is 6.75. The third kappa shape index (κ3) is 11.0. The van der Waals surface area contributed by atoms with Gasteiger partial charge in [0.05, 0.1) is 12.2 Å². The van der Waals surface area contributed by atoms with E-state index in [0.29, 0.717) is 18.1 Å². The molecule has 2 saturated heterocycles. The molecule has 0 saturated carbocycles. The van der Waals surface area contributed by atoms with E-state index in [9.17, 15) is 0 Å². The van der Waals surface area contributed by atoms with E-state index in [0.717, 1.165) is 32.0 Å². The predicted molar refractivity (Wildman–Crippen MR) is 140 cm³/mol. The molecule has 0 amide bonds. The zero-order chi connectivity index (χ0) is 23.0. The van der Waals surface area contributed by atoms with Gasteiger partial charge in [0.2, 0.25) is 6.29 Å². The van der Waals surface area contributed by atoms with Gasteiger partial charge in [0.1, 0.15) is 0 Å². The van der Waals surface area contributed by atoms with Crippen molar-refractivity contribution in [2.24, 2.45) is 0 Å². The molecule has 186 valence electrons. The molecule has 0 spiro atoms. The third-order valence-electron chi connectivity index (χ3n) is 7.72. The summed E-state index contributed by atoms with van der Waals surface area (Å²) in [5.74, 6) is 0.534. The first-order valence-corrected chi connectivity index (χ1v) is 14.4. The van der Waals surface area contributed by atoms with Crippen molar-refractivity contribution < 1.29 is 9.47 Å². The molecule has 2 heterocycles. The average Bonchev–Trinajstić information content (AvgIpc) is 2.87. The highest BCUT2D eigenvalue weighted by atomic mass is 16.7. The van der Waals surface area contributed by atoms with E-state index < -0.39 is 0 Å². The minimum Gasteiger partial charge on any atom is -0.342 e. The Morgan fingerprint density at radius 3 is 1.55 bits per heavy atom. The van der Waals surface area contributed by atoms with Crippen molar-refractivity contribution in [3.05, 3.63) is 49.1 Å². The second-order valence-corrected chi connectivity index (χ2v) is 10.5. The summed E-state index contributed by atoms with van der Waals surface area (Å²) in [5.41, 5.74) is 1.44. The van der Waals surface area contributed by atoms with Crippen molar-refractivity contribution in [3.8, 4) is 0 Å². The molecular formula is C31H50O2. The molecule has 2 aliphatic heterocycles. The molecule has 2 radical (unpaired) electrons. The van der Waals surface area contributed by atoms with Crippen molar-refractivity contribution in [2.75, 3.05) is 0 Å². The second-order valence-electron chi connectivity index (χ2n) is 10.5. The lowest BCUT2D eigenvalue weighted by Crippen LogP contribution is -2.24. The van der Waals surface area contributed by atoms with E-state index >= 15 is 0 Å². The SMILES string of the molecule is [CH2]CCC(CC[C]1OC2CCCCCCCCC(CCCCCCCC2)O1)c1ccccc1. The smallest absolute Gasteiger partial charge is 0.224 e. The van der Waals surface area contributed by atoms with Gasteiger partial charge in [-0.25, -0.2) is 0 Å². The molecule has 1 unspecified atom stereocenters. The molecule has 2 fully saturated rings. The molecule has 0 N–H and O–H groups in total. The van der Waals surface area contributed by atoms with Crippen molar-refractivity contribution in [2.45, 2.75) is 147 Å². The van der Waals surface area contributed by atoms with E-state index in [1.165, 1.54) is 108 Å². The Morgan fingerprint density at radius 1 is 0.636 bits per heavy atom. The lowest BCUT2D eigenvalue weighted by molar-refractivity contribution is -0.121. The number of hydrogen-bond acceptors (Lipinski definition) is 2. The van der Waals surface area contributed by atoms with Crippen LogP contribution in [-0.4, -0.2) is 12.2 Å². The number of benzene rings is 1. The van der Waals surface area contributed by atoms with Gasteiger partial charge in [0.15, 0.2) is 0 Å². The lowest BCUT2D eigenvalue weighted by Gasteiger charge is -2.29. The predicted octanol–water partition coefficient (Wildman–Crippen LogP) is 9.69. The normalized spacial score (nSPS) is 26.2. The Bertz CT molecular complexity index is 540. The maximum Gasteiger partial charge on any atom is 0.224 e. The van der Waals surface area contributed by atoms with Gasteiger partial charge in [-0.1, -0.05) is 121 Å². The highest BCUT2D eigenvalue weighted by Crippen LogP contribution is 2.33. The Hall–Kier alpha value is -0.860. The average molecular weight is 455 g/mol. The molecule has 2 aliphatic rings. The van der Waals surface area contributed by atoms with Gasteiger partial charge in [-0.3, -0.25) is 0 Å². The van der Waals surface area contributed by atoms with Gasteiger partial charge in [-0.2, -0.15) is 0 Å².